The van der Waals surface area contributed by atoms with Crippen molar-refractivity contribution >= 4 is 11.8 Å². The summed E-state index contributed by atoms with van der Waals surface area (Å²) in [5, 5.41) is 13.6. The summed E-state index contributed by atoms with van der Waals surface area (Å²) in [5.41, 5.74) is 3.62. The Bertz CT molecular complexity index is 1220. The van der Waals surface area contributed by atoms with Crippen LogP contribution in [0.5, 0.6) is 0 Å². The molecule has 0 bridgehead atoms. The van der Waals surface area contributed by atoms with Gasteiger partial charge < -0.3 is 14.6 Å². The summed E-state index contributed by atoms with van der Waals surface area (Å²) >= 11 is 0. The lowest BCUT2D eigenvalue weighted by atomic mass is 10.0. The van der Waals surface area contributed by atoms with Gasteiger partial charge in [0.1, 0.15) is 11.9 Å². The minimum absolute atomic E-state index is 0. The summed E-state index contributed by atoms with van der Waals surface area (Å²) < 4.78 is 22.2. The van der Waals surface area contributed by atoms with E-state index in [1.165, 1.54) is 11.0 Å². The first-order chi connectivity index (χ1) is 16.2. The topological polar surface area (TPSA) is 101 Å². The van der Waals surface area contributed by atoms with E-state index in [2.05, 4.69) is 25.7 Å². The molecule has 1 atom stereocenters. The Balaban J connectivity index is 0.00000171. The van der Waals surface area contributed by atoms with Crippen molar-refractivity contribution < 1.29 is 16.8 Å². The maximum atomic E-state index is 15.0. The number of amides is 1. The van der Waals surface area contributed by atoms with E-state index in [1.807, 2.05) is 35.0 Å². The second-order valence-corrected chi connectivity index (χ2v) is 7.80. The molecule has 2 aromatic carbocycles. The number of carbonyl (C=O) groups is 1. The van der Waals surface area contributed by atoms with Crippen LogP contribution in [0.25, 0.3) is 11.1 Å². The van der Waals surface area contributed by atoms with E-state index in [4.69, 9.17) is 4.74 Å². The maximum Gasteiger partial charge on any atom is 0.414 e. The fourth-order valence-corrected chi connectivity index (χ4v) is 3.81. The Hall–Kier alpha value is -4.05. The molecule has 1 amide bonds. The van der Waals surface area contributed by atoms with Gasteiger partial charge in [-0.3, -0.25) is 4.90 Å². The fourth-order valence-electron chi connectivity index (χ4n) is 3.81. The lowest BCUT2D eigenvalue weighted by molar-refractivity contribution is 0.132. The van der Waals surface area contributed by atoms with Crippen molar-refractivity contribution in [3.05, 3.63) is 84.5 Å². The van der Waals surface area contributed by atoms with Crippen molar-refractivity contribution in [3.63, 3.8) is 0 Å². The van der Waals surface area contributed by atoms with Gasteiger partial charge in [0, 0.05) is 33.9 Å². The normalized spacial score (nSPS) is 15.7. The predicted molar refractivity (Wildman–Crippen MR) is 123 cm³/mol. The van der Waals surface area contributed by atoms with Crippen molar-refractivity contribution in [1.29, 1.82) is 0 Å². The van der Waals surface area contributed by atoms with Gasteiger partial charge in [0.15, 0.2) is 0 Å². The van der Waals surface area contributed by atoms with Crippen LogP contribution in [0.2, 0.25) is 0 Å². The highest BCUT2D eigenvalue weighted by Crippen LogP contribution is 2.29. The molecule has 10 heteroatoms. The zero-order chi connectivity index (χ0) is 22.6. The number of aromatic nitrogens is 5. The van der Waals surface area contributed by atoms with Gasteiger partial charge in [0.05, 0.1) is 37.0 Å². The van der Waals surface area contributed by atoms with Gasteiger partial charge in [0.2, 0.25) is 0 Å². The lowest BCUT2D eigenvalue weighted by Crippen LogP contribution is -2.25. The molecule has 1 fully saturated rings. The quantitative estimate of drug-likeness (QED) is 0.424. The Labute approximate surface area is 192 Å². The van der Waals surface area contributed by atoms with Crippen LogP contribution < -0.4 is 10.2 Å². The van der Waals surface area contributed by atoms with Crippen LogP contribution >= 0.6 is 0 Å². The highest BCUT2D eigenvalue weighted by Gasteiger charge is 2.32. The smallest absolute Gasteiger partial charge is 0.414 e. The van der Waals surface area contributed by atoms with E-state index < -0.39 is 11.9 Å². The van der Waals surface area contributed by atoms with Gasteiger partial charge in [-0.05, 0) is 29.3 Å². The molecule has 1 aliphatic rings. The van der Waals surface area contributed by atoms with E-state index in [0.717, 1.165) is 16.8 Å². The summed E-state index contributed by atoms with van der Waals surface area (Å²) in [6, 6.07) is 12.5. The molecule has 0 radical (unpaired) electrons. The second kappa shape index (κ2) is 9.21. The van der Waals surface area contributed by atoms with Crippen molar-refractivity contribution in [3.8, 4) is 11.1 Å². The van der Waals surface area contributed by atoms with E-state index in [0.29, 0.717) is 37.4 Å². The Morgan fingerprint density at radius 3 is 2.82 bits per heavy atom. The number of ether oxygens (including phenoxy) is 1. The van der Waals surface area contributed by atoms with Gasteiger partial charge in [-0.1, -0.05) is 24.3 Å². The molecule has 4 aromatic rings. The number of cyclic esters (lactones) is 1. The van der Waals surface area contributed by atoms with E-state index in [1.54, 1.807) is 30.9 Å². The summed E-state index contributed by atoms with van der Waals surface area (Å²) in [5.74, 6) is -0.393. The van der Waals surface area contributed by atoms with Crippen LogP contribution in [0.15, 0.2) is 67.4 Å². The molecule has 0 spiro atoms. The summed E-state index contributed by atoms with van der Waals surface area (Å²) in [6.45, 7) is 2.12. The first kappa shape index (κ1) is 20.8. The number of benzene rings is 2. The first-order valence-corrected chi connectivity index (χ1v) is 10.5. The monoisotopic (exact) mass is 451 g/mol. The number of aromatic amines is 1. The number of hydrogen-bond acceptors (Lipinski definition) is 6. The fraction of sp³-hybridized carbons (Fsp3) is 0.217. The molecule has 5 rings (SSSR count). The molecule has 0 aliphatic carbocycles. The molecule has 1 aliphatic heterocycles. The van der Waals surface area contributed by atoms with Crippen LogP contribution in [0.3, 0.4) is 0 Å². The molecule has 0 saturated carbocycles. The first-order valence-electron chi connectivity index (χ1n) is 10.5. The maximum absolute atomic E-state index is 15.0. The summed E-state index contributed by atoms with van der Waals surface area (Å²) in [7, 11) is 0. The third kappa shape index (κ3) is 4.75. The van der Waals surface area contributed by atoms with Crippen molar-refractivity contribution in [2.75, 3.05) is 11.4 Å². The number of rotatable bonds is 8. The third-order valence-corrected chi connectivity index (χ3v) is 5.48. The second-order valence-electron chi connectivity index (χ2n) is 7.80. The molecule has 1 saturated heterocycles. The van der Waals surface area contributed by atoms with Crippen LogP contribution in [0.4, 0.5) is 14.9 Å². The molecule has 2 N–H and O–H groups in total. The number of hydrogen-bond donors (Lipinski definition) is 2. The zero-order valence-corrected chi connectivity index (χ0v) is 17.7. The van der Waals surface area contributed by atoms with Crippen LogP contribution in [-0.4, -0.2) is 43.7 Å². The molecule has 2 aromatic heterocycles. The Morgan fingerprint density at radius 1 is 1.21 bits per heavy atom. The lowest BCUT2D eigenvalue weighted by Gasteiger charge is -2.15. The minimum Gasteiger partial charge on any atom is -0.442 e. The van der Waals surface area contributed by atoms with Crippen molar-refractivity contribution in [2.24, 2.45) is 0 Å². The van der Waals surface area contributed by atoms with Crippen LogP contribution in [0.1, 0.15) is 14.1 Å². The molecule has 3 heterocycles. The molecular weight excluding hydrogens is 425 g/mol. The minimum atomic E-state index is -0.477. The number of nitrogens with zero attached hydrogens (tertiary/aromatic N) is 5. The number of halogens is 1. The number of nitrogens with one attached hydrogen (secondary N) is 2. The van der Waals surface area contributed by atoms with E-state index >= 15 is 0 Å². The SMILES string of the molecule is O=C1O[C@@H](Cn2ccnc2)CN1c1ccc(-c2ccc(CNCc3cn[nH]n3)cc2)c(F)c1.[HH].[HH]. The number of anilines is 1. The number of carbonyl (C=O) groups excluding carboxylic acids is 1. The Kier molecular flexibility index (Phi) is 5.81. The zero-order valence-electron chi connectivity index (χ0n) is 17.7. The molecular formula is C23H26FN7O2. The molecule has 0 unspecified atom stereocenters. The number of H-pyrrole nitrogens is 1. The highest BCUT2D eigenvalue weighted by molar-refractivity contribution is 5.90. The Morgan fingerprint density at radius 2 is 2.09 bits per heavy atom. The summed E-state index contributed by atoms with van der Waals surface area (Å²) in [6.07, 6.45) is 6.02. The third-order valence-electron chi connectivity index (χ3n) is 5.48. The van der Waals surface area contributed by atoms with Gasteiger partial charge in [-0.25, -0.2) is 14.2 Å². The van der Waals surface area contributed by atoms with Crippen molar-refractivity contribution in [1.82, 2.24) is 30.3 Å². The average molecular weight is 452 g/mol. The summed E-state index contributed by atoms with van der Waals surface area (Å²) in [4.78, 5) is 17.8. The van der Waals surface area contributed by atoms with Crippen molar-refractivity contribution in [2.45, 2.75) is 25.7 Å². The average Bonchev–Trinajstić information content (AvgIpc) is 3.58. The standard InChI is InChI=1S/C23H22FN7O2.2H2/c24-22-9-19(31-14-20(33-23(31)32)13-30-8-7-25-15-30)5-6-21(22)17-3-1-16(2-4-17)10-26-11-18-12-27-29-28-18;;/h1-9,12,15,20,26H,10-11,13-14H2,(H,27,28,29);2*1H/t20-;;/m0../s1. The van der Waals surface area contributed by atoms with Gasteiger partial charge >= 0.3 is 6.09 Å². The van der Waals surface area contributed by atoms with Gasteiger partial charge in [-0.2, -0.15) is 15.4 Å². The van der Waals surface area contributed by atoms with Gasteiger partial charge in [0.25, 0.3) is 0 Å². The molecule has 9 nitrogen and oxygen atoms in total. The predicted octanol–water partition coefficient (Wildman–Crippen LogP) is 3.61. The van der Waals surface area contributed by atoms with Crippen LogP contribution in [0, 0.1) is 5.82 Å². The van der Waals surface area contributed by atoms with Gasteiger partial charge in [-0.15, -0.1) is 0 Å². The molecule has 172 valence electrons. The number of imidazole rings is 1. The van der Waals surface area contributed by atoms with E-state index in [9.17, 15) is 9.18 Å². The highest BCUT2D eigenvalue weighted by atomic mass is 19.1. The van der Waals surface area contributed by atoms with Crippen LogP contribution in [-0.2, 0) is 24.4 Å². The van der Waals surface area contributed by atoms with E-state index in [-0.39, 0.29) is 8.96 Å². The largest absolute Gasteiger partial charge is 0.442 e. The molecule has 33 heavy (non-hydrogen) atoms.